The number of aromatic nitrogens is 4. The van der Waals surface area contributed by atoms with Crippen molar-refractivity contribution in [3.63, 3.8) is 0 Å². The average molecular weight is 366 g/mol. The zero-order chi connectivity index (χ0) is 18.8. The first-order valence-electron chi connectivity index (χ1n) is 9.14. The smallest absolute Gasteiger partial charge is 0.264 e. The maximum absolute atomic E-state index is 12.5. The monoisotopic (exact) mass is 366 g/mol. The van der Waals surface area contributed by atoms with Gasteiger partial charge in [0, 0.05) is 33.1 Å². The highest BCUT2D eigenvalue weighted by atomic mass is 16.2. The Labute approximate surface area is 156 Å². The molecule has 0 spiro atoms. The summed E-state index contributed by atoms with van der Waals surface area (Å²) in [6.07, 6.45) is 5.52. The number of aryl methyl sites for hydroxylation is 2. The van der Waals surface area contributed by atoms with Crippen LogP contribution in [0.15, 0.2) is 41.6 Å². The first-order valence-corrected chi connectivity index (χ1v) is 9.14. The normalized spacial score (nSPS) is 14.0. The quantitative estimate of drug-likeness (QED) is 0.744. The minimum atomic E-state index is -0.182. The van der Waals surface area contributed by atoms with E-state index < -0.39 is 0 Å². The highest BCUT2D eigenvalue weighted by Crippen LogP contribution is 2.28. The molecule has 8 nitrogen and oxygen atoms in total. The van der Waals surface area contributed by atoms with Crippen molar-refractivity contribution < 1.29 is 4.79 Å². The highest BCUT2D eigenvalue weighted by Gasteiger charge is 2.16. The standard InChI is InChI=1S/C19H22N6O2/c1-23-18-14(12-21-23)19(27)25(13-20-18)11-8-17(26)22-15-6-2-3-7-16(15)24-9-4-5-10-24/h2-3,6-7,12-13H,4-5,8-11H2,1H3,(H,22,26). The number of carbonyl (C=O) groups excluding carboxylic acids is 1. The van der Waals surface area contributed by atoms with Gasteiger partial charge in [-0.2, -0.15) is 5.10 Å². The lowest BCUT2D eigenvalue weighted by Gasteiger charge is -2.21. The van der Waals surface area contributed by atoms with Crippen LogP contribution in [0.5, 0.6) is 0 Å². The number of para-hydroxylation sites is 2. The van der Waals surface area contributed by atoms with Gasteiger partial charge >= 0.3 is 0 Å². The predicted molar refractivity (Wildman–Crippen MR) is 104 cm³/mol. The zero-order valence-electron chi connectivity index (χ0n) is 15.3. The Kier molecular flexibility index (Phi) is 4.62. The third-order valence-corrected chi connectivity index (χ3v) is 4.92. The van der Waals surface area contributed by atoms with E-state index in [1.165, 1.54) is 29.9 Å². The van der Waals surface area contributed by atoms with E-state index >= 15 is 0 Å². The number of nitrogens with one attached hydrogen (secondary N) is 1. The SMILES string of the molecule is Cn1ncc2c(=O)n(CCC(=O)Nc3ccccc3N3CCCC3)cnc21. The van der Waals surface area contributed by atoms with Gasteiger partial charge in [0.05, 0.1) is 23.9 Å². The van der Waals surface area contributed by atoms with Gasteiger partial charge in [0.2, 0.25) is 5.91 Å². The van der Waals surface area contributed by atoms with E-state index in [0.717, 1.165) is 24.5 Å². The first kappa shape index (κ1) is 17.3. The van der Waals surface area contributed by atoms with Crippen LogP contribution in [0.4, 0.5) is 11.4 Å². The summed E-state index contributed by atoms with van der Waals surface area (Å²) in [7, 11) is 1.74. The van der Waals surface area contributed by atoms with Crippen LogP contribution in [0.25, 0.3) is 11.0 Å². The number of fused-ring (bicyclic) bond motifs is 1. The molecular weight excluding hydrogens is 344 g/mol. The fraction of sp³-hybridized carbons (Fsp3) is 0.368. The second kappa shape index (κ2) is 7.22. The van der Waals surface area contributed by atoms with Gasteiger partial charge in [-0.3, -0.25) is 18.8 Å². The van der Waals surface area contributed by atoms with Crippen molar-refractivity contribution in [3.05, 3.63) is 47.1 Å². The Morgan fingerprint density at radius 2 is 2.00 bits per heavy atom. The number of carbonyl (C=O) groups is 1. The highest BCUT2D eigenvalue weighted by molar-refractivity contribution is 5.94. The summed E-state index contributed by atoms with van der Waals surface area (Å²) < 4.78 is 3.01. The Morgan fingerprint density at radius 1 is 1.22 bits per heavy atom. The second-order valence-electron chi connectivity index (χ2n) is 6.76. The summed E-state index contributed by atoms with van der Waals surface area (Å²) in [6.45, 7) is 2.30. The van der Waals surface area contributed by atoms with Crippen molar-refractivity contribution in [2.24, 2.45) is 7.05 Å². The summed E-state index contributed by atoms with van der Waals surface area (Å²) in [5.41, 5.74) is 2.23. The zero-order valence-corrected chi connectivity index (χ0v) is 15.3. The van der Waals surface area contributed by atoms with Crippen molar-refractivity contribution in [2.75, 3.05) is 23.3 Å². The molecule has 1 amide bonds. The number of anilines is 2. The minimum absolute atomic E-state index is 0.125. The van der Waals surface area contributed by atoms with E-state index in [9.17, 15) is 9.59 Å². The van der Waals surface area contributed by atoms with Crippen LogP contribution in [0.3, 0.4) is 0 Å². The number of amides is 1. The van der Waals surface area contributed by atoms with Crippen molar-refractivity contribution in [1.82, 2.24) is 19.3 Å². The van der Waals surface area contributed by atoms with Crippen LogP contribution in [0.1, 0.15) is 19.3 Å². The van der Waals surface area contributed by atoms with E-state index in [1.807, 2.05) is 24.3 Å². The van der Waals surface area contributed by atoms with Gasteiger partial charge in [0.15, 0.2) is 5.65 Å². The Bertz CT molecular complexity index is 1030. The summed E-state index contributed by atoms with van der Waals surface area (Å²) in [4.78, 5) is 31.5. The lowest BCUT2D eigenvalue weighted by atomic mass is 10.2. The second-order valence-corrected chi connectivity index (χ2v) is 6.76. The van der Waals surface area contributed by atoms with Gasteiger partial charge in [0.25, 0.3) is 5.56 Å². The van der Waals surface area contributed by atoms with Gasteiger partial charge < -0.3 is 10.2 Å². The summed E-state index contributed by atoms with van der Waals surface area (Å²) in [5, 5.41) is 7.50. The van der Waals surface area contributed by atoms with E-state index in [4.69, 9.17) is 0 Å². The largest absolute Gasteiger partial charge is 0.370 e. The topological polar surface area (TPSA) is 85.0 Å². The molecule has 1 aliphatic heterocycles. The fourth-order valence-electron chi connectivity index (χ4n) is 3.47. The molecule has 140 valence electrons. The molecule has 1 saturated heterocycles. The lowest BCUT2D eigenvalue weighted by molar-refractivity contribution is -0.116. The molecule has 0 atom stereocenters. The van der Waals surface area contributed by atoms with Crippen LogP contribution in [0, 0.1) is 0 Å². The van der Waals surface area contributed by atoms with Gasteiger partial charge in [0.1, 0.15) is 5.39 Å². The van der Waals surface area contributed by atoms with Gasteiger partial charge in [-0.05, 0) is 25.0 Å². The average Bonchev–Trinajstić information content (AvgIpc) is 3.32. The molecule has 0 unspecified atom stereocenters. The molecule has 8 heteroatoms. The van der Waals surface area contributed by atoms with E-state index in [0.29, 0.717) is 11.0 Å². The Morgan fingerprint density at radius 3 is 2.81 bits per heavy atom. The van der Waals surface area contributed by atoms with Crippen LogP contribution in [-0.2, 0) is 18.4 Å². The molecule has 0 aliphatic carbocycles. The molecule has 4 rings (SSSR count). The number of hydrogen-bond acceptors (Lipinski definition) is 5. The van der Waals surface area contributed by atoms with E-state index in [1.54, 1.807) is 11.7 Å². The molecule has 2 aromatic heterocycles. The Hall–Kier alpha value is -3.16. The molecule has 3 aromatic rings. The van der Waals surface area contributed by atoms with Gasteiger partial charge in [-0.25, -0.2) is 4.98 Å². The van der Waals surface area contributed by atoms with Crippen molar-refractivity contribution in [2.45, 2.75) is 25.8 Å². The number of benzene rings is 1. The number of hydrogen-bond donors (Lipinski definition) is 1. The molecule has 1 aromatic carbocycles. The molecule has 1 aliphatic rings. The lowest BCUT2D eigenvalue weighted by Crippen LogP contribution is -2.24. The number of nitrogens with zero attached hydrogens (tertiary/aromatic N) is 5. The van der Waals surface area contributed by atoms with Crippen LogP contribution < -0.4 is 15.8 Å². The van der Waals surface area contributed by atoms with Crippen LogP contribution in [-0.4, -0.2) is 38.3 Å². The maximum Gasteiger partial charge on any atom is 0.264 e. The van der Waals surface area contributed by atoms with E-state index in [2.05, 4.69) is 20.3 Å². The molecule has 1 fully saturated rings. The fourth-order valence-corrected chi connectivity index (χ4v) is 3.47. The third-order valence-electron chi connectivity index (χ3n) is 4.92. The van der Waals surface area contributed by atoms with E-state index in [-0.39, 0.29) is 24.4 Å². The Balaban J connectivity index is 1.45. The summed E-state index contributed by atoms with van der Waals surface area (Å²) in [5.74, 6) is -0.125. The van der Waals surface area contributed by atoms with Crippen LogP contribution in [0.2, 0.25) is 0 Å². The molecule has 1 N–H and O–H groups in total. The van der Waals surface area contributed by atoms with Crippen molar-refractivity contribution in [3.8, 4) is 0 Å². The molecule has 27 heavy (non-hydrogen) atoms. The predicted octanol–water partition coefficient (Wildman–Crippen LogP) is 1.76. The molecule has 0 bridgehead atoms. The van der Waals surface area contributed by atoms with Crippen molar-refractivity contribution >= 4 is 28.3 Å². The summed E-state index contributed by atoms with van der Waals surface area (Å²) in [6, 6.07) is 7.85. The van der Waals surface area contributed by atoms with Crippen molar-refractivity contribution in [1.29, 1.82) is 0 Å². The number of rotatable bonds is 5. The molecule has 0 radical (unpaired) electrons. The molecule has 0 saturated carbocycles. The van der Waals surface area contributed by atoms with Gasteiger partial charge in [-0.1, -0.05) is 12.1 Å². The first-order chi connectivity index (χ1) is 13.1. The third kappa shape index (κ3) is 3.42. The summed E-state index contributed by atoms with van der Waals surface area (Å²) >= 11 is 0. The molecule has 3 heterocycles. The van der Waals surface area contributed by atoms with Crippen LogP contribution >= 0.6 is 0 Å². The minimum Gasteiger partial charge on any atom is -0.370 e. The molecular formula is C19H22N6O2. The van der Waals surface area contributed by atoms with Gasteiger partial charge in [-0.15, -0.1) is 0 Å². The maximum atomic E-state index is 12.5.